The normalized spacial score (nSPS) is 31.4. The van der Waals surface area contributed by atoms with Crippen molar-refractivity contribution in [1.29, 1.82) is 0 Å². The zero-order valence-corrected chi connectivity index (χ0v) is 9.05. The van der Waals surface area contributed by atoms with E-state index in [1.54, 1.807) is 0 Å². The molecule has 1 N–H and O–H groups in total. The van der Waals surface area contributed by atoms with Gasteiger partial charge in [0.15, 0.2) is 5.60 Å². The molecule has 1 spiro atoms. The van der Waals surface area contributed by atoms with Gasteiger partial charge in [-0.05, 0) is 19.4 Å². The van der Waals surface area contributed by atoms with E-state index in [0.29, 0.717) is 19.6 Å². The van der Waals surface area contributed by atoms with Gasteiger partial charge in [0.25, 0.3) is 12.3 Å². The van der Waals surface area contributed by atoms with Crippen LogP contribution in [-0.4, -0.2) is 55.6 Å². The maximum absolute atomic E-state index is 12.3. The number of nitrogens with zero attached hydrogens (tertiary/aromatic N) is 1. The molecule has 0 radical (unpaired) electrons. The van der Waals surface area contributed by atoms with Crippen molar-refractivity contribution >= 4 is 5.91 Å². The fourth-order valence-corrected chi connectivity index (χ4v) is 2.33. The second kappa shape index (κ2) is 4.63. The molecular formula is C10H16F2N2O2. The first-order chi connectivity index (χ1) is 7.64. The van der Waals surface area contributed by atoms with Crippen LogP contribution in [0.4, 0.5) is 8.78 Å². The predicted octanol–water partition coefficient (Wildman–Crippen LogP) is 0.232. The highest BCUT2D eigenvalue weighted by molar-refractivity contribution is 5.86. The molecule has 0 aromatic rings. The third-order valence-corrected chi connectivity index (χ3v) is 3.12. The molecule has 0 aliphatic carbocycles. The van der Waals surface area contributed by atoms with E-state index in [9.17, 15) is 13.6 Å². The molecule has 2 fully saturated rings. The summed E-state index contributed by atoms with van der Waals surface area (Å²) >= 11 is 0. The molecule has 0 bridgehead atoms. The highest BCUT2D eigenvalue weighted by Crippen LogP contribution is 2.27. The molecule has 92 valence electrons. The zero-order chi connectivity index (χ0) is 11.6. The Morgan fingerprint density at radius 1 is 1.56 bits per heavy atom. The fourth-order valence-electron chi connectivity index (χ4n) is 2.33. The number of hydrogen-bond acceptors (Lipinski definition) is 3. The van der Waals surface area contributed by atoms with Crippen molar-refractivity contribution in [2.24, 2.45) is 0 Å². The quantitative estimate of drug-likeness (QED) is 0.743. The highest BCUT2D eigenvalue weighted by atomic mass is 19.3. The highest BCUT2D eigenvalue weighted by Gasteiger charge is 2.46. The van der Waals surface area contributed by atoms with Gasteiger partial charge in [0.05, 0.1) is 13.2 Å². The first kappa shape index (κ1) is 11.7. The zero-order valence-electron chi connectivity index (χ0n) is 9.05. The summed E-state index contributed by atoms with van der Waals surface area (Å²) in [6, 6.07) is 0. The summed E-state index contributed by atoms with van der Waals surface area (Å²) in [6.07, 6.45) is -1.01. The molecule has 6 heteroatoms. The summed E-state index contributed by atoms with van der Waals surface area (Å²) in [5, 5.41) is 3.09. The van der Waals surface area contributed by atoms with Crippen molar-refractivity contribution in [3.05, 3.63) is 0 Å². The minimum absolute atomic E-state index is 0.269. The lowest BCUT2D eigenvalue weighted by Gasteiger charge is -2.43. The summed E-state index contributed by atoms with van der Waals surface area (Å²) in [5.74, 6) is -0.286. The molecule has 2 aliphatic rings. The smallest absolute Gasteiger partial charge is 0.256 e. The van der Waals surface area contributed by atoms with Gasteiger partial charge >= 0.3 is 0 Å². The fraction of sp³-hybridized carbons (Fsp3) is 0.900. The van der Waals surface area contributed by atoms with E-state index in [-0.39, 0.29) is 12.5 Å². The van der Waals surface area contributed by atoms with Gasteiger partial charge in [-0.2, -0.15) is 0 Å². The lowest BCUT2D eigenvalue weighted by atomic mass is 9.91. The molecule has 1 amide bonds. The van der Waals surface area contributed by atoms with Crippen LogP contribution in [0.3, 0.4) is 0 Å². The van der Waals surface area contributed by atoms with E-state index >= 15 is 0 Å². The van der Waals surface area contributed by atoms with Crippen molar-refractivity contribution in [1.82, 2.24) is 10.2 Å². The molecule has 1 atom stereocenters. The number of amides is 1. The number of morpholine rings is 1. The lowest BCUT2D eigenvalue weighted by Crippen LogP contribution is -2.63. The van der Waals surface area contributed by atoms with Crippen molar-refractivity contribution < 1.29 is 18.3 Å². The number of alkyl halides is 2. The summed E-state index contributed by atoms with van der Waals surface area (Å²) < 4.78 is 30.1. The van der Waals surface area contributed by atoms with Crippen LogP contribution in [0.1, 0.15) is 12.8 Å². The van der Waals surface area contributed by atoms with Gasteiger partial charge in [-0.25, -0.2) is 8.78 Å². The van der Waals surface area contributed by atoms with Gasteiger partial charge in [0.2, 0.25) is 0 Å². The monoisotopic (exact) mass is 234 g/mol. The Labute approximate surface area is 92.9 Å². The van der Waals surface area contributed by atoms with Gasteiger partial charge in [0, 0.05) is 13.1 Å². The number of carbonyl (C=O) groups excluding carboxylic acids is 1. The molecule has 0 aromatic heterocycles. The number of halogens is 2. The molecule has 2 heterocycles. The maximum atomic E-state index is 12.3. The summed E-state index contributed by atoms with van der Waals surface area (Å²) in [6.45, 7) is 1.42. The van der Waals surface area contributed by atoms with Crippen molar-refractivity contribution in [2.45, 2.75) is 24.9 Å². The average molecular weight is 234 g/mol. The largest absolute Gasteiger partial charge is 0.362 e. The van der Waals surface area contributed by atoms with E-state index in [1.165, 1.54) is 4.90 Å². The molecule has 0 saturated carbocycles. The Hall–Kier alpha value is -0.750. The average Bonchev–Trinajstić information content (AvgIpc) is 2.26. The molecule has 4 nitrogen and oxygen atoms in total. The van der Waals surface area contributed by atoms with Crippen LogP contribution >= 0.6 is 0 Å². The van der Waals surface area contributed by atoms with Crippen LogP contribution < -0.4 is 5.32 Å². The third-order valence-electron chi connectivity index (χ3n) is 3.12. The summed E-state index contributed by atoms with van der Waals surface area (Å²) in [5.41, 5.74) is -0.884. The van der Waals surface area contributed by atoms with Gasteiger partial charge in [-0.3, -0.25) is 4.79 Å². The van der Waals surface area contributed by atoms with Crippen LogP contribution in [0.5, 0.6) is 0 Å². The molecule has 2 rings (SSSR count). The Morgan fingerprint density at radius 2 is 2.38 bits per heavy atom. The molecule has 1 unspecified atom stereocenters. The summed E-state index contributed by atoms with van der Waals surface area (Å²) in [4.78, 5) is 13.3. The molecular weight excluding hydrogens is 218 g/mol. The Morgan fingerprint density at radius 3 is 3.00 bits per heavy atom. The SMILES string of the molecule is O=C1N(CC(F)F)CCOC12CCCNC2. The first-order valence-electron chi connectivity index (χ1n) is 5.56. The van der Waals surface area contributed by atoms with Crippen LogP contribution in [-0.2, 0) is 9.53 Å². The van der Waals surface area contributed by atoms with Crippen LogP contribution in [0, 0.1) is 0 Å². The standard InChI is InChI=1S/C10H16F2N2O2/c11-8(12)6-14-4-5-16-10(9(14)15)2-1-3-13-7-10/h8,13H,1-7H2. The first-order valence-corrected chi connectivity index (χ1v) is 5.56. The number of nitrogens with one attached hydrogen (secondary N) is 1. The van der Waals surface area contributed by atoms with E-state index in [0.717, 1.165) is 13.0 Å². The lowest BCUT2D eigenvalue weighted by molar-refractivity contribution is -0.177. The number of piperidine rings is 1. The van der Waals surface area contributed by atoms with E-state index < -0.39 is 18.6 Å². The van der Waals surface area contributed by atoms with E-state index in [2.05, 4.69) is 5.32 Å². The van der Waals surface area contributed by atoms with Crippen LogP contribution in [0.15, 0.2) is 0 Å². The third kappa shape index (κ3) is 2.17. The van der Waals surface area contributed by atoms with Gasteiger partial charge in [-0.15, -0.1) is 0 Å². The number of rotatable bonds is 2. The molecule has 16 heavy (non-hydrogen) atoms. The number of carbonyl (C=O) groups is 1. The second-order valence-corrected chi connectivity index (χ2v) is 4.27. The Balaban J connectivity index is 2.06. The number of hydrogen-bond donors (Lipinski definition) is 1. The molecule has 2 aliphatic heterocycles. The van der Waals surface area contributed by atoms with Crippen LogP contribution in [0.25, 0.3) is 0 Å². The minimum atomic E-state index is -2.48. The Bertz CT molecular complexity index is 262. The van der Waals surface area contributed by atoms with Gasteiger partial charge < -0.3 is 15.0 Å². The predicted molar refractivity (Wildman–Crippen MR) is 53.4 cm³/mol. The van der Waals surface area contributed by atoms with Crippen LogP contribution in [0.2, 0.25) is 0 Å². The Kier molecular flexibility index (Phi) is 3.39. The van der Waals surface area contributed by atoms with Crippen molar-refractivity contribution in [3.63, 3.8) is 0 Å². The number of ether oxygens (including phenoxy) is 1. The molecule has 2 saturated heterocycles. The summed E-state index contributed by atoms with van der Waals surface area (Å²) in [7, 11) is 0. The van der Waals surface area contributed by atoms with E-state index in [1.807, 2.05) is 0 Å². The topological polar surface area (TPSA) is 41.6 Å². The van der Waals surface area contributed by atoms with E-state index in [4.69, 9.17) is 4.74 Å². The van der Waals surface area contributed by atoms with Crippen molar-refractivity contribution in [3.8, 4) is 0 Å². The van der Waals surface area contributed by atoms with Crippen molar-refractivity contribution in [2.75, 3.05) is 32.8 Å². The molecule has 0 aromatic carbocycles. The van der Waals surface area contributed by atoms with Gasteiger partial charge in [0.1, 0.15) is 0 Å². The minimum Gasteiger partial charge on any atom is -0.362 e. The van der Waals surface area contributed by atoms with Gasteiger partial charge in [-0.1, -0.05) is 0 Å². The second-order valence-electron chi connectivity index (χ2n) is 4.27. The maximum Gasteiger partial charge on any atom is 0.256 e.